The standard InChI is InChI=1S/C9H8Cl2N2/c10-7-1-3-9(4-2-7)13-6-8(11)5-12/h1-4,8,13H,6H2/t8-/m1/s1. The van der Waals surface area contributed by atoms with Crippen LogP contribution in [0.1, 0.15) is 0 Å². The topological polar surface area (TPSA) is 35.8 Å². The van der Waals surface area contributed by atoms with E-state index in [0.29, 0.717) is 11.6 Å². The van der Waals surface area contributed by atoms with E-state index in [1.165, 1.54) is 0 Å². The van der Waals surface area contributed by atoms with Crippen molar-refractivity contribution in [2.24, 2.45) is 0 Å². The smallest absolute Gasteiger partial charge is 0.137 e. The zero-order valence-electron chi connectivity index (χ0n) is 6.80. The van der Waals surface area contributed by atoms with Gasteiger partial charge in [0.05, 0.1) is 6.07 Å². The number of hydrogen-bond acceptors (Lipinski definition) is 2. The Morgan fingerprint density at radius 2 is 2.00 bits per heavy atom. The van der Waals surface area contributed by atoms with E-state index >= 15 is 0 Å². The number of halogens is 2. The van der Waals surface area contributed by atoms with Crippen molar-refractivity contribution in [3.63, 3.8) is 0 Å². The second-order valence-electron chi connectivity index (χ2n) is 2.48. The van der Waals surface area contributed by atoms with E-state index in [0.717, 1.165) is 5.69 Å². The Morgan fingerprint density at radius 3 is 2.54 bits per heavy atom. The Labute approximate surface area is 87.1 Å². The Balaban J connectivity index is 2.47. The Bertz CT molecular complexity index is 302. The molecule has 0 unspecified atom stereocenters. The zero-order valence-corrected chi connectivity index (χ0v) is 8.31. The van der Waals surface area contributed by atoms with Crippen molar-refractivity contribution >= 4 is 28.9 Å². The highest BCUT2D eigenvalue weighted by Gasteiger charge is 2.00. The van der Waals surface area contributed by atoms with Crippen LogP contribution in [0.2, 0.25) is 5.02 Å². The van der Waals surface area contributed by atoms with Gasteiger partial charge in [0.25, 0.3) is 0 Å². The van der Waals surface area contributed by atoms with Crippen molar-refractivity contribution < 1.29 is 0 Å². The van der Waals surface area contributed by atoms with Gasteiger partial charge in [0.15, 0.2) is 0 Å². The van der Waals surface area contributed by atoms with Crippen LogP contribution < -0.4 is 5.32 Å². The lowest BCUT2D eigenvalue weighted by Gasteiger charge is -2.05. The van der Waals surface area contributed by atoms with Crippen LogP contribution in [0.15, 0.2) is 24.3 Å². The van der Waals surface area contributed by atoms with E-state index in [-0.39, 0.29) is 0 Å². The van der Waals surface area contributed by atoms with Crippen molar-refractivity contribution in [2.45, 2.75) is 5.38 Å². The van der Waals surface area contributed by atoms with Crippen LogP contribution in [0.4, 0.5) is 5.69 Å². The third-order valence-corrected chi connectivity index (χ3v) is 1.97. The summed E-state index contributed by atoms with van der Waals surface area (Å²) in [4.78, 5) is 0. The number of nitrogens with zero attached hydrogens (tertiary/aromatic N) is 1. The summed E-state index contributed by atoms with van der Waals surface area (Å²) in [5, 5.41) is 11.6. The largest absolute Gasteiger partial charge is 0.382 e. The molecule has 0 aromatic heterocycles. The molecule has 1 N–H and O–H groups in total. The second kappa shape index (κ2) is 4.96. The molecule has 0 radical (unpaired) electrons. The molecule has 0 bridgehead atoms. The highest BCUT2D eigenvalue weighted by molar-refractivity contribution is 6.30. The summed E-state index contributed by atoms with van der Waals surface area (Å²) in [6, 6.07) is 9.15. The normalized spacial score (nSPS) is 11.8. The number of anilines is 1. The van der Waals surface area contributed by atoms with Gasteiger partial charge in [-0.15, -0.1) is 11.6 Å². The molecule has 2 nitrogen and oxygen atoms in total. The summed E-state index contributed by atoms with van der Waals surface area (Å²) in [7, 11) is 0. The summed E-state index contributed by atoms with van der Waals surface area (Å²) in [6.45, 7) is 0.430. The Hall–Kier alpha value is -0.910. The van der Waals surface area contributed by atoms with Crippen molar-refractivity contribution in [1.82, 2.24) is 0 Å². The number of benzene rings is 1. The first-order chi connectivity index (χ1) is 6.22. The summed E-state index contributed by atoms with van der Waals surface area (Å²) < 4.78 is 0. The quantitative estimate of drug-likeness (QED) is 0.787. The van der Waals surface area contributed by atoms with Gasteiger partial charge in [0, 0.05) is 17.3 Å². The molecule has 0 spiro atoms. The second-order valence-corrected chi connectivity index (χ2v) is 3.45. The van der Waals surface area contributed by atoms with Crippen LogP contribution in [0.5, 0.6) is 0 Å². The van der Waals surface area contributed by atoms with E-state index in [4.69, 9.17) is 28.5 Å². The number of nitrogens with one attached hydrogen (secondary N) is 1. The van der Waals surface area contributed by atoms with Crippen LogP contribution in [0.3, 0.4) is 0 Å². The summed E-state index contributed by atoms with van der Waals surface area (Å²) in [5.74, 6) is 0. The first-order valence-corrected chi connectivity index (χ1v) is 4.57. The molecule has 13 heavy (non-hydrogen) atoms. The molecule has 0 saturated carbocycles. The lowest BCUT2D eigenvalue weighted by molar-refractivity contribution is 1.08. The molecule has 0 saturated heterocycles. The summed E-state index contributed by atoms with van der Waals surface area (Å²) >= 11 is 11.3. The minimum atomic E-state index is -0.504. The SMILES string of the molecule is N#C[C@@H](Cl)CNc1ccc(Cl)cc1. The van der Waals surface area contributed by atoms with Crippen LogP contribution in [0.25, 0.3) is 0 Å². The predicted octanol–water partition coefficient (Wildman–Crippen LogP) is 2.88. The molecular weight excluding hydrogens is 207 g/mol. The van der Waals surface area contributed by atoms with Crippen LogP contribution in [0, 0.1) is 11.3 Å². The lowest BCUT2D eigenvalue weighted by Crippen LogP contribution is -2.11. The molecule has 1 atom stereocenters. The van der Waals surface area contributed by atoms with Gasteiger partial charge in [0.1, 0.15) is 5.38 Å². The molecule has 0 aliphatic rings. The molecule has 1 aromatic rings. The third-order valence-electron chi connectivity index (χ3n) is 1.47. The number of rotatable bonds is 3. The van der Waals surface area contributed by atoms with Crippen molar-refractivity contribution in [3.05, 3.63) is 29.3 Å². The summed E-state index contributed by atoms with van der Waals surface area (Å²) in [5.41, 5.74) is 0.908. The number of hydrogen-bond donors (Lipinski definition) is 1. The zero-order chi connectivity index (χ0) is 9.68. The Morgan fingerprint density at radius 1 is 1.38 bits per heavy atom. The van der Waals surface area contributed by atoms with Crippen LogP contribution in [-0.4, -0.2) is 11.9 Å². The maximum atomic E-state index is 8.41. The highest BCUT2D eigenvalue weighted by Crippen LogP contribution is 2.13. The van der Waals surface area contributed by atoms with Gasteiger partial charge in [-0.2, -0.15) is 5.26 Å². The lowest BCUT2D eigenvalue weighted by atomic mass is 10.3. The minimum absolute atomic E-state index is 0.430. The average Bonchev–Trinajstić information content (AvgIpc) is 2.16. The fourth-order valence-corrected chi connectivity index (χ4v) is 1.02. The van der Waals surface area contributed by atoms with Crippen molar-refractivity contribution in [3.8, 4) is 6.07 Å². The third kappa shape index (κ3) is 3.54. The van der Waals surface area contributed by atoms with E-state index in [9.17, 15) is 0 Å². The van der Waals surface area contributed by atoms with Gasteiger partial charge in [-0.1, -0.05) is 11.6 Å². The molecular formula is C9H8Cl2N2. The molecule has 68 valence electrons. The monoisotopic (exact) mass is 214 g/mol. The van der Waals surface area contributed by atoms with Crippen molar-refractivity contribution in [1.29, 1.82) is 5.26 Å². The summed E-state index contributed by atoms with van der Waals surface area (Å²) in [6.07, 6.45) is 0. The molecule has 0 heterocycles. The van der Waals surface area contributed by atoms with Gasteiger partial charge in [-0.25, -0.2) is 0 Å². The highest BCUT2D eigenvalue weighted by atomic mass is 35.5. The maximum absolute atomic E-state index is 8.41. The van der Waals surface area contributed by atoms with Gasteiger partial charge in [-0.05, 0) is 24.3 Å². The average molecular weight is 215 g/mol. The van der Waals surface area contributed by atoms with Crippen LogP contribution >= 0.6 is 23.2 Å². The van der Waals surface area contributed by atoms with E-state index in [1.807, 2.05) is 18.2 Å². The Kier molecular flexibility index (Phi) is 3.88. The minimum Gasteiger partial charge on any atom is -0.382 e. The predicted molar refractivity (Wildman–Crippen MR) is 55.2 cm³/mol. The molecule has 0 amide bonds. The van der Waals surface area contributed by atoms with E-state index in [2.05, 4.69) is 5.32 Å². The fourth-order valence-electron chi connectivity index (χ4n) is 0.821. The first-order valence-electron chi connectivity index (χ1n) is 3.75. The molecule has 0 aliphatic carbocycles. The molecule has 1 rings (SSSR count). The number of alkyl halides is 1. The molecule has 1 aromatic carbocycles. The molecule has 4 heteroatoms. The van der Waals surface area contributed by atoms with Gasteiger partial charge < -0.3 is 5.32 Å². The fraction of sp³-hybridized carbons (Fsp3) is 0.222. The maximum Gasteiger partial charge on any atom is 0.137 e. The van der Waals surface area contributed by atoms with Gasteiger partial charge in [-0.3, -0.25) is 0 Å². The van der Waals surface area contributed by atoms with Gasteiger partial charge >= 0.3 is 0 Å². The van der Waals surface area contributed by atoms with Crippen molar-refractivity contribution in [2.75, 3.05) is 11.9 Å². The van der Waals surface area contributed by atoms with Gasteiger partial charge in [0.2, 0.25) is 0 Å². The van der Waals surface area contributed by atoms with Crippen LogP contribution in [-0.2, 0) is 0 Å². The van der Waals surface area contributed by atoms with E-state index < -0.39 is 5.38 Å². The van der Waals surface area contributed by atoms with E-state index in [1.54, 1.807) is 12.1 Å². The number of nitriles is 1. The first kappa shape index (κ1) is 10.2. The molecule has 0 aliphatic heterocycles. The molecule has 0 fully saturated rings.